The second-order valence-electron chi connectivity index (χ2n) is 6.56. The minimum atomic E-state index is -0.181. The Morgan fingerprint density at radius 3 is 2.93 bits per heavy atom. The maximum absolute atomic E-state index is 12.8. The van der Waals surface area contributed by atoms with Gasteiger partial charge in [-0.2, -0.15) is 0 Å². The number of halogens is 1. The first kappa shape index (κ1) is 17.8. The van der Waals surface area contributed by atoms with E-state index in [4.69, 9.17) is 10.5 Å². The minimum Gasteiger partial charge on any atom is -0.383 e. The van der Waals surface area contributed by atoms with Gasteiger partial charge < -0.3 is 15.4 Å². The van der Waals surface area contributed by atoms with Crippen LogP contribution in [0.1, 0.15) is 40.3 Å². The van der Waals surface area contributed by atoms with E-state index in [1.54, 1.807) is 30.4 Å². The van der Waals surface area contributed by atoms with Crippen molar-refractivity contribution in [1.82, 2.24) is 19.9 Å². The maximum atomic E-state index is 12.8. The van der Waals surface area contributed by atoms with Gasteiger partial charge in [-0.25, -0.2) is 9.97 Å². The van der Waals surface area contributed by atoms with Crippen LogP contribution in [0.15, 0.2) is 35.1 Å². The number of nitrogen functional groups attached to an aromatic ring is 1. The molecule has 138 valence electrons. The van der Waals surface area contributed by atoms with Crippen LogP contribution in [0.25, 0.3) is 10.9 Å². The molecule has 1 amide bonds. The topological polar surface area (TPSA) is 94.2 Å². The lowest BCUT2D eigenvalue weighted by Crippen LogP contribution is -2.27. The Hall–Kier alpha value is -2.58. The molecule has 0 radical (unpaired) electrons. The van der Waals surface area contributed by atoms with Gasteiger partial charge in [-0.05, 0) is 46.6 Å². The molecule has 2 N–H and O–H groups in total. The van der Waals surface area contributed by atoms with Gasteiger partial charge in [-0.1, -0.05) is 0 Å². The van der Waals surface area contributed by atoms with Gasteiger partial charge in [0.2, 0.25) is 0 Å². The number of fused-ring (bicyclic) bond motifs is 3. The highest BCUT2D eigenvalue weighted by Crippen LogP contribution is 2.37. The number of carbonyl (C=O) groups is 1. The number of hydrogen-bond acceptors (Lipinski definition) is 6. The Morgan fingerprint density at radius 1 is 1.37 bits per heavy atom. The normalized spacial score (nSPS) is 15.7. The van der Waals surface area contributed by atoms with Crippen molar-refractivity contribution in [1.29, 1.82) is 0 Å². The van der Waals surface area contributed by atoms with Gasteiger partial charge in [0.1, 0.15) is 11.5 Å². The standard InChI is InChI=1S/C19H18BrN5O2/c1-10-17-14(9-27-10)13-5-15(23-7-16(13)24-18(17)21)19(26)25(2)8-12-4-3-11(20)6-22-12/h3-7,10H,8-9H2,1-2H3,(H2,21,24). The van der Waals surface area contributed by atoms with E-state index in [0.717, 1.165) is 26.7 Å². The zero-order chi connectivity index (χ0) is 19.1. The first-order valence-electron chi connectivity index (χ1n) is 8.49. The molecule has 1 aliphatic heterocycles. The van der Waals surface area contributed by atoms with Crippen LogP contribution in [0.2, 0.25) is 0 Å². The number of hydrogen-bond donors (Lipinski definition) is 1. The molecule has 0 saturated carbocycles. The van der Waals surface area contributed by atoms with E-state index in [1.807, 2.05) is 19.1 Å². The summed E-state index contributed by atoms with van der Waals surface area (Å²) in [6.07, 6.45) is 3.20. The number of nitrogens with zero attached hydrogens (tertiary/aromatic N) is 4. The number of pyridine rings is 3. The number of nitrogens with two attached hydrogens (primary N) is 1. The van der Waals surface area contributed by atoms with Crippen LogP contribution in [0.3, 0.4) is 0 Å². The van der Waals surface area contributed by atoms with Crippen LogP contribution in [0.5, 0.6) is 0 Å². The van der Waals surface area contributed by atoms with Gasteiger partial charge in [-0.15, -0.1) is 0 Å². The van der Waals surface area contributed by atoms with Gasteiger partial charge in [-0.3, -0.25) is 9.78 Å². The number of aromatic nitrogens is 3. The third-order valence-electron chi connectivity index (χ3n) is 4.69. The summed E-state index contributed by atoms with van der Waals surface area (Å²) in [6, 6.07) is 5.55. The fraction of sp³-hybridized carbons (Fsp3) is 0.263. The Labute approximate surface area is 164 Å². The number of anilines is 1. The molecule has 7 nitrogen and oxygen atoms in total. The average molecular weight is 428 g/mol. The highest BCUT2D eigenvalue weighted by Gasteiger charge is 2.26. The molecule has 0 aliphatic carbocycles. The van der Waals surface area contributed by atoms with Crippen molar-refractivity contribution >= 4 is 38.6 Å². The molecule has 1 atom stereocenters. The van der Waals surface area contributed by atoms with Crippen molar-refractivity contribution in [2.45, 2.75) is 26.2 Å². The van der Waals surface area contributed by atoms with Crippen molar-refractivity contribution in [3.63, 3.8) is 0 Å². The molecule has 27 heavy (non-hydrogen) atoms. The lowest BCUT2D eigenvalue weighted by atomic mass is 10.0. The van der Waals surface area contributed by atoms with E-state index in [2.05, 4.69) is 30.9 Å². The molecule has 3 aromatic heterocycles. The van der Waals surface area contributed by atoms with Crippen LogP contribution in [0.4, 0.5) is 5.82 Å². The van der Waals surface area contributed by atoms with Gasteiger partial charge in [0.15, 0.2) is 0 Å². The summed E-state index contributed by atoms with van der Waals surface area (Å²) in [5.41, 5.74) is 9.77. The monoisotopic (exact) mass is 427 g/mol. The highest BCUT2D eigenvalue weighted by molar-refractivity contribution is 9.10. The predicted molar refractivity (Wildman–Crippen MR) is 105 cm³/mol. The summed E-state index contributed by atoms with van der Waals surface area (Å²) in [7, 11) is 1.73. The summed E-state index contributed by atoms with van der Waals surface area (Å²) < 4.78 is 6.60. The van der Waals surface area contributed by atoms with E-state index in [1.165, 1.54) is 0 Å². The van der Waals surface area contributed by atoms with E-state index >= 15 is 0 Å². The summed E-state index contributed by atoms with van der Waals surface area (Å²) in [6.45, 7) is 2.79. The van der Waals surface area contributed by atoms with Crippen molar-refractivity contribution < 1.29 is 9.53 Å². The van der Waals surface area contributed by atoms with E-state index in [0.29, 0.717) is 30.2 Å². The largest absolute Gasteiger partial charge is 0.383 e. The summed E-state index contributed by atoms with van der Waals surface area (Å²) >= 11 is 3.36. The molecule has 1 aliphatic rings. The predicted octanol–water partition coefficient (Wildman–Crippen LogP) is 3.23. The van der Waals surface area contributed by atoms with Crippen LogP contribution >= 0.6 is 15.9 Å². The number of rotatable bonds is 3. The van der Waals surface area contributed by atoms with Crippen LogP contribution in [-0.2, 0) is 17.9 Å². The Morgan fingerprint density at radius 2 is 2.19 bits per heavy atom. The number of carbonyl (C=O) groups excluding carboxylic acids is 1. The van der Waals surface area contributed by atoms with Crippen molar-refractivity contribution in [3.8, 4) is 0 Å². The summed E-state index contributed by atoms with van der Waals surface area (Å²) in [4.78, 5) is 27.4. The molecule has 0 fully saturated rings. The molecule has 3 aromatic rings. The van der Waals surface area contributed by atoms with Crippen LogP contribution < -0.4 is 5.73 Å². The maximum Gasteiger partial charge on any atom is 0.272 e. The first-order chi connectivity index (χ1) is 12.9. The van der Waals surface area contributed by atoms with Gasteiger partial charge in [0.25, 0.3) is 5.91 Å². The Bertz CT molecular complexity index is 1040. The molecule has 4 heterocycles. The van der Waals surface area contributed by atoms with Gasteiger partial charge in [0.05, 0.1) is 36.7 Å². The molecule has 0 saturated heterocycles. The molecule has 0 aromatic carbocycles. The third kappa shape index (κ3) is 3.26. The van der Waals surface area contributed by atoms with Gasteiger partial charge >= 0.3 is 0 Å². The molecule has 8 heteroatoms. The number of ether oxygens (including phenoxy) is 1. The molecule has 0 spiro atoms. The molecule has 1 unspecified atom stereocenters. The van der Waals surface area contributed by atoms with Crippen molar-refractivity contribution in [2.24, 2.45) is 0 Å². The average Bonchev–Trinajstić information content (AvgIpc) is 3.05. The zero-order valence-corrected chi connectivity index (χ0v) is 16.5. The van der Waals surface area contributed by atoms with Crippen LogP contribution in [0, 0.1) is 0 Å². The molecular weight excluding hydrogens is 410 g/mol. The third-order valence-corrected chi connectivity index (χ3v) is 5.16. The SMILES string of the molecule is CC1OCc2c1c(N)nc1cnc(C(=O)N(C)Cc3ccc(Br)cn3)cc21. The summed E-state index contributed by atoms with van der Waals surface area (Å²) in [5, 5.41) is 0.858. The fourth-order valence-corrected chi connectivity index (χ4v) is 3.53. The highest BCUT2D eigenvalue weighted by atomic mass is 79.9. The van der Waals surface area contributed by atoms with Crippen molar-refractivity contribution in [2.75, 3.05) is 12.8 Å². The second-order valence-corrected chi connectivity index (χ2v) is 7.47. The van der Waals surface area contributed by atoms with E-state index in [-0.39, 0.29) is 12.0 Å². The zero-order valence-electron chi connectivity index (χ0n) is 14.9. The number of amides is 1. The minimum absolute atomic E-state index is 0.102. The van der Waals surface area contributed by atoms with Gasteiger partial charge in [0, 0.05) is 28.7 Å². The fourth-order valence-electron chi connectivity index (χ4n) is 3.30. The summed E-state index contributed by atoms with van der Waals surface area (Å²) in [5.74, 6) is 0.279. The van der Waals surface area contributed by atoms with E-state index in [9.17, 15) is 4.79 Å². The Kier molecular flexibility index (Phi) is 4.53. The lowest BCUT2D eigenvalue weighted by Gasteiger charge is -2.17. The van der Waals surface area contributed by atoms with E-state index < -0.39 is 0 Å². The second kappa shape index (κ2) is 6.86. The lowest BCUT2D eigenvalue weighted by molar-refractivity contribution is 0.0776. The first-order valence-corrected chi connectivity index (χ1v) is 9.29. The molecular formula is C19H18BrN5O2. The molecule has 4 rings (SSSR count). The quantitative estimate of drug-likeness (QED) is 0.689. The molecule has 0 bridgehead atoms. The Balaban J connectivity index is 1.66. The smallest absolute Gasteiger partial charge is 0.272 e. The van der Waals surface area contributed by atoms with Crippen LogP contribution in [-0.4, -0.2) is 32.8 Å². The van der Waals surface area contributed by atoms with Crippen molar-refractivity contribution in [3.05, 3.63) is 57.6 Å².